The minimum atomic E-state index is -0.366. The highest BCUT2D eigenvalue weighted by atomic mass is 16.5. The fourth-order valence-electron chi connectivity index (χ4n) is 5.02. The van der Waals surface area contributed by atoms with E-state index in [-0.39, 0.29) is 24.1 Å². The SMILES string of the molecule is CCOC(=O)Cn1nnnc1[C@H](CC)N(Cc1cc2cc(C)c(C)cc2[nH]c1=O)C1CCCC1. The Morgan fingerprint density at radius 1 is 1.21 bits per heavy atom. The number of esters is 1. The molecule has 0 saturated heterocycles. The highest BCUT2D eigenvalue weighted by molar-refractivity contribution is 5.80. The molecule has 0 amide bonds. The van der Waals surface area contributed by atoms with Crippen molar-refractivity contribution in [1.82, 2.24) is 30.1 Å². The number of nitrogens with zero attached hydrogens (tertiary/aromatic N) is 5. The maximum Gasteiger partial charge on any atom is 0.327 e. The molecule has 0 aliphatic heterocycles. The van der Waals surface area contributed by atoms with E-state index >= 15 is 0 Å². The van der Waals surface area contributed by atoms with Crippen LogP contribution in [-0.2, 0) is 22.6 Å². The third-order valence-corrected chi connectivity index (χ3v) is 6.91. The van der Waals surface area contributed by atoms with E-state index in [1.807, 2.05) is 12.1 Å². The van der Waals surface area contributed by atoms with Gasteiger partial charge < -0.3 is 9.72 Å². The summed E-state index contributed by atoms with van der Waals surface area (Å²) < 4.78 is 6.63. The van der Waals surface area contributed by atoms with Crippen molar-refractivity contribution in [3.05, 3.63) is 51.1 Å². The van der Waals surface area contributed by atoms with Gasteiger partial charge in [0.25, 0.3) is 5.56 Å². The first kappa shape index (κ1) is 24.1. The van der Waals surface area contributed by atoms with Crippen LogP contribution >= 0.6 is 0 Å². The van der Waals surface area contributed by atoms with Crippen LogP contribution in [0.1, 0.15) is 74.5 Å². The number of aromatic nitrogens is 5. The van der Waals surface area contributed by atoms with Gasteiger partial charge in [0, 0.05) is 23.7 Å². The normalized spacial score (nSPS) is 15.3. The van der Waals surface area contributed by atoms with Crippen LogP contribution in [0.25, 0.3) is 10.9 Å². The van der Waals surface area contributed by atoms with Gasteiger partial charge >= 0.3 is 5.97 Å². The standard InChI is InChI=1S/C25H34N6O3/c1-5-22(24-27-28-29-31(24)15-23(32)34-6-2)30(20-9-7-8-10-20)14-19-13-18-11-16(3)17(4)12-21(18)26-25(19)33/h11-13,20,22H,5-10,14-15H2,1-4H3,(H,26,33)/t22-/m0/s1. The van der Waals surface area contributed by atoms with Gasteiger partial charge in [0.2, 0.25) is 0 Å². The fraction of sp³-hybridized carbons (Fsp3) is 0.560. The molecule has 2 aromatic heterocycles. The molecular formula is C25H34N6O3. The summed E-state index contributed by atoms with van der Waals surface area (Å²) >= 11 is 0. The molecule has 1 N–H and O–H groups in total. The third-order valence-electron chi connectivity index (χ3n) is 6.91. The predicted molar refractivity (Wildman–Crippen MR) is 129 cm³/mol. The van der Waals surface area contributed by atoms with Gasteiger partial charge in [0.15, 0.2) is 5.82 Å². The first-order chi connectivity index (χ1) is 16.4. The Bertz CT molecular complexity index is 1210. The predicted octanol–water partition coefficient (Wildman–Crippen LogP) is 3.59. The molecule has 34 heavy (non-hydrogen) atoms. The second kappa shape index (κ2) is 10.5. The minimum absolute atomic E-state index is 0.0274. The number of H-pyrrole nitrogens is 1. The van der Waals surface area contributed by atoms with E-state index < -0.39 is 0 Å². The molecule has 1 aromatic carbocycles. The van der Waals surface area contributed by atoms with E-state index in [9.17, 15) is 9.59 Å². The lowest BCUT2D eigenvalue weighted by molar-refractivity contribution is -0.144. The lowest BCUT2D eigenvalue weighted by atomic mass is 10.0. The summed E-state index contributed by atoms with van der Waals surface area (Å²) in [6.07, 6.45) is 5.22. The number of ether oxygens (including phenoxy) is 1. The third kappa shape index (κ3) is 5.04. The number of hydrogen-bond acceptors (Lipinski definition) is 7. The molecule has 0 bridgehead atoms. The molecule has 1 aliphatic rings. The average Bonchev–Trinajstić information content (AvgIpc) is 3.48. The molecule has 9 nitrogen and oxygen atoms in total. The van der Waals surface area contributed by atoms with Gasteiger partial charge in [0.05, 0.1) is 12.6 Å². The summed E-state index contributed by atoms with van der Waals surface area (Å²) in [4.78, 5) is 30.6. The first-order valence-corrected chi connectivity index (χ1v) is 12.2. The Morgan fingerprint density at radius 2 is 1.94 bits per heavy atom. The Morgan fingerprint density at radius 3 is 2.65 bits per heavy atom. The van der Waals surface area contributed by atoms with Crippen molar-refractivity contribution in [2.75, 3.05) is 6.61 Å². The first-order valence-electron chi connectivity index (χ1n) is 12.2. The quantitative estimate of drug-likeness (QED) is 0.480. The molecule has 4 rings (SSSR count). The molecule has 2 heterocycles. The summed E-state index contributed by atoms with van der Waals surface area (Å²) in [5.41, 5.74) is 3.87. The number of aryl methyl sites for hydroxylation is 2. The van der Waals surface area contributed by atoms with Crippen molar-refractivity contribution < 1.29 is 9.53 Å². The highest BCUT2D eigenvalue weighted by Crippen LogP contribution is 2.33. The van der Waals surface area contributed by atoms with Gasteiger partial charge in [-0.25, -0.2) is 4.68 Å². The lowest BCUT2D eigenvalue weighted by Gasteiger charge is -2.35. The monoisotopic (exact) mass is 466 g/mol. The summed E-state index contributed by atoms with van der Waals surface area (Å²) in [7, 11) is 0. The molecular weight excluding hydrogens is 432 g/mol. The van der Waals surface area contributed by atoms with Crippen molar-refractivity contribution >= 4 is 16.9 Å². The Labute approximate surface area is 199 Å². The van der Waals surface area contributed by atoms with Gasteiger partial charge in [-0.05, 0) is 85.2 Å². The van der Waals surface area contributed by atoms with Crippen LogP contribution in [0.5, 0.6) is 0 Å². The average molecular weight is 467 g/mol. The lowest BCUT2D eigenvalue weighted by Crippen LogP contribution is -2.39. The second-order valence-corrected chi connectivity index (χ2v) is 9.18. The van der Waals surface area contributed by atoms with E-state index in [2.05, 4.69) is 52.2 Å². The number of tetrazole rings is 1. The van der Waals surface area contributed by atoms with Crippen LogP contribution in [-0.4, -0.2) is 48.7 Å². The van der Waals surface area contributed by atoms with Crippen molar-refractivity contribution in [3.8, 4) is 0 Å². The molecule has 1 aliphatic carbocycles. The zero-order valence-corrected chi connectivity index (χ0v) is 20.5. The van der Waals surface area contributed by atoms with E-state index in [0.29, 0.717) is 25.0 Å². The van der Waals surface area contributed by atoms with Crippen LogP contribution in [0.4, 0.5) is 0 Å². The Kier molecular flexibility index (Phi) is 7.41. The Hall–Kier alpha value is -3.07. The highest BCUT2D eigenvalue weighted by Gasteiger charge is 2.33. The second-order valence-electron chi connectivity index (χ2n) is 9.18. The number of carbonyl (C=O) groups excluding carboxylic acids is 1. The van der Waals surface area contributed by atoms with Gasteiger partial charge in [-0.15, -0.1) is 5.10 Å². The number of nitrogens with one attached hydrogen (secondary N) is 1. The van der Waals surface area contributed by atoms with Gasteiger partial charge in [-0.1, -0.05) is 19.8 Å². The summed E-state index contributed by atoms with van der Waals surface area (Å²) in [6, 6.07) is 6.37. The van der Waals surface area contributed by atoms with Crippen molar-refractivity contribution in [2.45, 2.75) is 85.0 Å². The molecule has 1 saturated carbocycles. The Balaban J connectivity index is 1.70. The van der Waals surface area contributed by atoms with Crippen LogP contribution in [0.15, 0.2) is 23.0 Å². The molecule has 0 spiro atoms. The van der Waals surface area contributed by atoms with Crippen LogP contribution in [0.3, 0.4) is 0 Å². The summed E-state index contributed by atoms with van der Waals surface area (Å²) in [5, 5.41) is 13.2. The molecule has 3 aromatic rings. The van der Waals surface area contributed by atoms with Crippen molar-refractivity contribution in [1.29, 1.82) is 0 Å². The largest absolute Gasteiger partial charge is 0.465 e. The molecule has 1 atom stereocenters. The zero-order chi connectivity index (χ0) is 24.2. The number of benzene rings is 1. The topological polar surface area (TPSA) is 106 Å². The van der Waals surface area contributed by atoms with E-state index in [4.69, 9.17) is 4.74 Å². The van der Waals surface area contributed by atoms with E-state index in [0.717, 1.165) is 54.1 Å². The summed E-state index contributed by atoms with van der Waals surface area (Å²) in [5.74, 6) is 0.265. The van der Waals surface area contributed by atoms with Crippen LogP contribution < -0.4 is 5.56 Å². The van der Waals surface area contributed by atoms with E-state index in [1.54, 1.807) is 6.92 Å². The molecule has 0 unspecified atom stereocenters. The van der Waals surface area contributed by atoms with Gasteiger partial charge in [-0.3, -0.25) is 14.5 Å². The van der Waals surface area contributed by atoms with E-state index in [1.165, 1.54) is 10.2 Å². The van der Waals surface area contributed by atoms with Crippen molar-refractivity contribution in [3.63, 3.8) is 0 Å². The number of pyridine rings is 1. The molecule has 182 valence electrons. The maximum absolute atomic E-state index is 13.1. The number of hydrogen-bond donors (Lipinski definition) is 1. The molecule has 9 heteroatoms. The van der Waals surface area contributed by atoms with Crippen LogP contribution in [0, 0.1) is 13.8 Å². The maximum atomic E-state index is 13.1. The zero-order valence-electron chi connectivity index (χ0n) is 20.5. The number of fused-ring (bicyclic) bond motifs is 1. The van der Waals surface area contributed by atoms with Crippen LogP contribution in [0.2, 0.25) is 0 Å². The minimum Gasteiger partial charge on any atom is -0.465 e. The fourth-order valence-corrected chi connectivity index (χ4v) is 5.02. The number of rotatable bonds is 9. The summed E-state index contributed by atoms with van der Waals surface area (Å²) in [6.45, 7) is 8.78. The number of carbonyl (C=O) groups is 1. The van der Waals surface area contributed by atoms with Crippen molar-refractivity contribution in [2.24, 2.45) is 0 Å². The molecule has 0 radical (unpaired) electrons. The molecule has 1 fully saturated rings. The number of aromatic amines is 1. The van der Waals surface area contributed by atoms with Gasteiger partial charge in [-0.2, -0.15) is 0 Å². The smallest absolute Gasteiger partial charge is 0.327 e. The van der Waals surface area contributed by atoms with Gasteiger partial charge in [0.1, 0.15) is 6.54 Å².